The Balaban J connectivity index is 2.13. The molecule has 1 atom stereocenters. The molecule has 1 saturated heterocycles. The standard InChI is InChI=1S/C15H21NO2/c1-15(2,3)11-5-7-12(8-6-11)16-10-9-13(16)14(17)18-4/h5-8,13H,9-10H2,1-4H3. The van der Waals surface area contributed by atoms with Crippen molar-refractivity contribution in [1.82, 2.24) is 0 Å². The van der Waals surface area contributed by atoms with Gasteiger partial charge in [-0.2, -0.15) is 0 Å². The molecule has 1 unspecified atom stereocenters. The van der Waals surface area contributed by atoms with E-state index < -0.39 is 0 Å². The molecule has 1 aromatic carbocycles. The molecule has 1 aromatic rings. The average Bonchev–Trinajstić information content (AvgIpc) is 2.27. The molecule has 3 heteroatoms. The van der Waals surface area contributed by atoms with Crippen molar-refractivity contribution in [3.05, 3.63) is 29.8 Å². The fourth-order valence-electron chi connectivity index (χ4n) is 2.23. The van der Waals surface area contributed by atoms with Gasteiger partial charge in [0.1, 0.15) is 6.04 Å². The molecular formula is C15H21NO2. The Morgan fingerprint density at radius 1 is 1.28 bits per heavy atom. The molecule has 3 nitrogen and oxygen atoms in total. The molecule has 0 amide bonds. The van der Waals surface area contributed by atoms with Crippen LogP contribution >= 0.6 is 0 Å². The number of hydrogen-bond donors (Lipinski definition) is 0. The normalized spacial score (nSPS) is 19.3. The zero-order valence-corrected chi connectivity index (χ0v) is 11.6. The number of methoxy groups -OCH3 is 1. The van der Waals surface area contributed by atoms with Crippen molar-refractivity contribution in [2.75, 3.05) is 18.6 Å². The summed E-state index contributed by atoms with van der Waals surface area (Å²) in [4.78, 5) is 13.6. The summed E-state index contributed by atoms with van der Waals surface area (Å²) in [6.45, 7) is 7.52. The van der Waals surface area contributed by atoms with E-state index in [1.54, 1.807) is 0 Å². The maximum absolute atomic E-state index is 11.5. The van der Waals surface area contributed by atoms with E-state index in [4.69, 9.17) is 4.74 Å². The van der Waals surface area contributed by atoms with Gasteiger partial charge in [-0.25, -0.2) is 4.79 Å². The Labute approximate surface area is 109 Å². The predicted molar refractivity (Wildman–Crippen MR) is 72.9 cm³/mol. The number of nitrogens with zero attached hydrogens (tertiary/aromatic N) is 1. The first-order chi connectivity index (χ1) is 8.43. The van der Waals surface area contributed by atoms with E-state index in [2.05, 4.69) is 49.9 Å². The lowest BCUT2D eigenvalue weighted by atomic mass is 9.87. The molecule has 1 aliphatic heterocycles. The van der Waals surface area contributed by atoms with Gasteiger partial charge in [-0.15, -0.1) is 0 Å². The Bertz CT molecular complexity index is 431. The Morgan fingerprint density at radius 2 is 1.89 bits per heavy atom. The summed E-state index contributed by atoms with van der Waals surface area (Å²) < 4.78 is 4.80. The van der Waals surface area contributed by atoms with Crippen LogP contribution in [0.4, 0.5) is 5.69 Å². The lowest BCUT2D eigenvalue weighted by molar-refractivity contribution is -0.143. The van der Waals surface area contributed by atoms with Crippen LogP contribution in [0.3, 0.4) is 0 Å². The maximum atomic E-state index is 11.5. The van der Waals surface area contributed by atoms with E-state index in [0.29, 0.717) is 0 Å². The molecule has 1 aliphatic rings. The quantitative estimate of drug-likeness (QED) is 0.753. The van der Waals surface area contributed by atoms with Crippen LogP contribution in [-0.4, -0.2) is 25.7 Å². The highest BCUT2D eigenvalue weighted by atomic mass is 16.5. The van der Waals surface area contributed by atoms with Gasteiger partial charge < -0.3 is 9.64 Å². The number of ether oxygens (including phenoxy) is 1. The van der Waals surface area contributed by atoms with Gasteiger partial charge in [0, 0.05) is 12.2 Å². The zero-order chi connectivity index (χ0) is 13.3. The van der Waals surface area contributed by atoms with E-state index in [-0.39, 0.29) is 17.4 Å². The van der Waals surface area contributed by atoms with Crippen LogP contribution in [0, 0.1) is 0 Å². The highest BCUT2D eigenvalue weighted by Gasteiger charge is 2.35. The fourth-order valence-corrected chi connectivity index (χ4v) is 2.23. The van der Waals surface area contributed by atoms with Gasteiger partial charge in [0.2, 0.25) is 0 Å². The maximum Gasteiger partial charge on any atom is 0.328 e. The lowest BCUT2D eigenvalue weighted by Crippen LogP contribution is -2.53. The summed E-state index contributed by atoms with van der Waals surface area (Å²) >= 11 is 0. The number of rotatable bonds is 2. The van der Waals surface area contributed by atoms with Crippen LogP contribution in [0.1, 0.15) is 32.8 Å². The molecule has 1 heterocycles. The summed E-state index contributed by atoms with van der Waals surface area (Å²) in [7, 11) is 1.45. The molecule has 0 N–H and O–H groups in total. The minimum Gasteiger partial charge on any atom is -0.467 e. The summed E-state index contributed by atoms with van der Waals surface area (Å²) in [6, 6.07) is 8.37. The average molecular weight is 247 g/mol. The van der Waals surface area contributed by atoms with Crippen molar-refractivity contribution in [3.63, 3.8) is 0 Å². The summed E-state index contributed by atoms with van der Waals surface area (Å²) in [5.41, 5.74) is 2.57. The second-order valence-corrected chi connectivity index (χ2v) is 5.82. The summed E-state index contributed by atoms with van der Waals surface area (Å²) in [5, 5.41) is 0. The van der Waals surface area contributed by atoms with Gasteiger partial charge in [0.05, 0.1) is 7.11 Å². The molecule has 98 valence electrons. The van der Waals surface area contributed by atoms with Gasteiger partial charge in [-0.05, 0) is 29.5 Å². The van der Waals surface area contributed by atoms with E-state index in [9.17, 15) is 4.79 Å². The predicted octanol–water partition coefficient (Wildman–Crippen LogP) is 2.74. The second kappa shape index (κ2) is 4.63. The van der Waals surface area contributed by atoms with Crippen LogP contribution in [0.25, 0.3) is 0 Å². The topological polar surface area (TPSA) is 29.5 Å². The molecule has 1 fully saturated rings. The van der Waals surface area contributed by atoms with Gasteiger partial charge >= 0.3 is 5.97 Å². The number of carbonyl (C=O) groups excluding carboxylic acids is 1. The van der Waals surface area contributed by atoms with Crippen molar-refractivity contribution in [2.45, 2.75) is 38.6 Å². The fraction of sp³-hybridized carbons (Fsp3) is 0.533. The van der Waals surface area contributed by atoms with Crippen LogP contribution in [0.5, 0.6) is 0 Å². The van der Waals surface area contributed by atoms with Crippen molar-refractivity contribution in [1.29, 1.82) is 0 Å². The van der Waals surface area contributed by atoms with Crippen molar-refractivity contribution >= 4 is 11.7 Å². The number of hydrogen-bond acceptors (Lipinski definition) is 3. The molecule has 18 heavy (non-hydrogen) atoms. The highest BCUT2D eigenvalue weighted by Crippen LogP contribution is 2.30. The molecule has 0 saturated carbocycles. The van der Waals surface area contributed by atoms with Crippen LogP contribution in [-0.2, 0) is 14.9 Å². The van der Waals surface area contributed by atoms with Gasteiger partial charge in [-0.1, -0.05) is 32.9 Å². The number of benzene rings is 1. The van der Waals surface area contributed by atoms with Crippen molar-refractivity contribution in [2.24, 2.45) is 0 Å². The third kappa shape index (κ3) is 2.35. The molecule has 2 rings (SSSR count). The largest absolute Gasteiger partial charge is 0.467 e. The number of carbonyl (C=O) groups is 1. The minimum absolute atomic E-state index is 0.101. The van der Waals surface area contributed by atoms with Crippen LogP contribution < -0.4 is 4.90 Å². The van der Waals surface area contributed by atoms with Gasteiger partial charge in [0.25, 0.3) is 0 Å². The molecule has 0 aliphatic carbocycles. The Hall–Kier alpha value is -1.51. The second-order valence-electron chi connectivity index (χ2n) is 5.82. The van der Waals surface area contributed by atoms with Gasteiger partial charge in [0.15, 0.2) is 0 Å². The summed E-state index contributed by atoms with van der Waals surface area (Å²) in [6.07, 6.45) is 0.883. The number of anilines is 1. The van der Waals surface area contributed by atoms with Gasteiger partial charge in [-0.3, -0.25) is 0 Å². The smallest absolute Gasteiger partial charge is 0.328 e. The molecule has 0 aromatic heterocycles. The van der Waals surface area contributed by atoms with E-state index in [1.807, 2.05) is 0 Å². The molecule has 0 spiro atoms. The molecule has 0 radical (unpaired) electrons. The van der Waals surface area contributed by atoms with Crippen LogP contribution in [0.15, 0.2) is 24.3 Å². The highest BCUT2D eigenvalue weighted by molar-refractivity contribution is 5.82. The Morgan fingerprint density at radius 3 is 2.28 bits per heavy atom. The van der Waals surface area contributed by atoms with Crippen molar-refractivity contribution < 1.29 is 9.53 Å². The SMILES string of the molecule is COC(=O)C1CCN1c1ccc(C(C)(C)C)cc1. The summed E-state index contributed by atoms with van der Waals surface area (Å²) in [5.74, 6) is -0.138. The zero-order valence-electron chi connectivity index (χ0n) is 11.6. The third-order valence-electron chi connectivity index (χ3n) is 3.56. The molecule has 0 bridgehead atoms. The third-order valence-corrected chi connectivity index (χ3v) is 3.56. The number of esters is 1. The van der Waals surface area contributed by atoms with E-state index in [0.717, 1.165) is 18.7 Å². The monoisotopic (exact) mass is 247 g/mol. The van der Waals surface area contributed by atoms with E-state index >= 15 is 0 Å². The molecular weight excluding hydrogens is 226 g/mol. The van der Waals surface area contributed by atoms with Crippen molar-refractivity contribution in [3.8, 4) is 0 Å². The first-order valence-electron chi connectivity index (χ1n) is 6.38. The lowest BCUT2D eigenvalue weighted by Gasteiger charge is -2.40. The first-order valence-corrected chi connectivity index (χ1v) is 6.38. The van der Waals surface area contributed by atoms with Crippen LogP contribution in [0.2, 0.25) is 0 Å². The Kier molecular flexibility index (Phi) is 3.33. The minimum atomic E-state index is -0.138. The van der Waals surface area contributed by atoms with E-state index in [1.165, 1.54) is 12.7 Å². The first kappa shape index (κ1) is 12.9.